The number of hydrogen-bond acceptors (Lipinski definition) is 2. The Morgan fingerprint density at radius 2 is 1.65 bits per heavy atom. The van der Waals surface area contributed by atoms with E-state index in [0.717, 1.165) is 59.6 Å². The van der Waals surface area contributed by atoms with Gasteiger partial charge in [-0.2, -0.15) is 0 Å². The second-order valence-corrected chi connectivity index (χ2v) is 11.4. The highest BCUT2D eigenvalue weighted by Gasteiger charge is 2.29. The number of nitrogens with zero attached hydrogens (tertiary/aromatic N) is 2. The smallest absolute Gasteiger partial charge is 0.273 e. The van der Waals surface area contributed by atoms with Crippen molar-refractivity contribution in [3.8, 4) is 28.1 Å². The SMILES string of the molecule is COc1ccc(-c2cn3c(C(=O)Nc4ccc(Cl)c(Cl)c4)c(-c4ccc(C(C)C)cc4)c4c3n2CCCC4)cc1. The van der Waals surface area contributed by atoms with Crippen LogP contribution in [0.2, 0.25) is 10.0 Å². The van der Waals surface area contributed by atoms with Gasteiger partial charge >= 0.3 is 0 Å². The minimum Gasteiger partial charge on any atom is -0.497 e. The van der Waals surface area contributed by atoms with Gasteiger partial charge in [-0.25, -0.2) is 0 Å². The average molecular weight is 573 g/mol. The van der Waals surface area contributed by atoms with Crippen LogP contribution < -0.4 is 10.1 Å². The number of aromatic nitrogens is 2. The van der Waals surface area contributed by atoms with E-state index in [1.807, 2.05) is 12.1 Å². The molecule has 0 unspecified atom stereocenters. The fourth-order valence-corrected chi connectivity index (χ4v) is 6.01. The maximum absolute atomic E-state index is 14.1. The zero-order valence-electron chi connectivity index (χ0n) is 22.8. The van der Waals surface area contributed by atoms with E-state index in [9.17, 15) is 4.79 Å². The molecule has 40 heavy (non-hydrogen) atoms. The Balaban J connectivity index is 1.57. The summed E-state index contributed by atoms with van der Waals surface area (Å²) in [6.07, 6.45) is 5.12. The summed E-state index contributed by atoms with van der Waals surface area (Å²) in [4.78, 5) is 14.1. The van der Waals surface area contributed by atoms with Gasteiger partial charge in [-0.1, -0.05) is 61.3 Å². The molecule has 5 nitrogen and oxygen atoms in total. The topological polar surface area (TPSA) is 47.7 Å². The van der Waals surface area contributed by atoms with Crippen LogP contribution in [0.4, 0.5) is 5.69 Å². The monoisotopic (exact) mass is 571 g/mol. The minimum absolute atomic E-state index is 0.193. The molecule has 0 saturated carbocycles. The predicted molar refractivity (Wildman–Crippen MR) is 164 cm³/mol. The van der Waals surface area contributed by atoms with Gasteiger partial charge < -0.3 is 14.6 Å². The lowest BCUT2D eigenvalue weighted by Gasteiger charge is -2.12. The van der Waals surface area contributed by atoms with E-state index in [0.29, 0.717) is 27.3 Å². The number of halogens is 2. The number of imidazole rings is 1. The van der Waals surface area contributed by atoms with Crippen LogP contribution >= 0.6 is 23.2 Å². The number of hydrogen-bond donors (Lipinski definition) is 1. The first-order valence-corrected chi connectivity index (χ1v) is 14.4. The number of ether oxygens (including phenoxy) is 1. The van der Waals surface area contributed by atoms with Crippen LogP contribution in [0.5, 0.6) is 5.75 Å². The van der Waals surface area contributed by atoms with Gasteiger partial charge in [-0.05, 0) is 84.3 Å². The summed E-state index contributed by atoms with van der Waals surface area (Å²) in [5.74, 6) is 1.05. The first kappa shape index (κ1) is 26.5. The summed E-state index contributed by atoms with van der Waals surface area (Å²) < 4.78 is 9.83. The van der Waals surface area contributed by atoms with Gasteiger partial charge in [0.15, 0.2) is 0 Å². The number of benzene rings is 3. The Bertz CT molecular complexity index is 1710. The molecule has 1 N–H and O–H groups in total. The van der Waals surface area contributed by atoms with Crippen molar-refractivity contribution >= 4 is 40.4 Å². The third-order valence-electron chi connectivity index (χ3n) is 7.78. The number of methoxy groups -OCH3 is 1. The summed E-state index contributed by atoms with van der Waals surface area (Å²) in [5, 5.41) is 3.93. The van der Waals surface area contributed by atoms with Crippen LogP contribution in [0.3, 0.4) is 0 Å². The van der Waals surface area contributed by atoms with Crippen molar-refractivity contribution in [3.63, 3.8) is 0 Å². The molecule has 204 valence electrons. The van der Waals surface area contributed by atoms with Crippen LogP contribution in [-0.2, 0) is 13.0 Å². The van der Waals surface area contributed by atoms with E-state index >= 15 is 0 Å². The molecule has 0 atom stereocenters. The fourth-order valence-electron chi connectivity index (χ4n) is 5.71. The van der Waals surface area contributed by atoms with Crippen molar-refractivity contribution in [2.45, 2.75) is 45.6 Å². The normalized spacial score (nSPS) is 13.1. The van der Waals surface area contributed by atoms with Gasteiger partial charge in [0.05, 0.1) is 22.8 Å². The largest absolute Gasteiger partial charge is 0.497 e. The third kappa shape index (κ3) is 4.67. The maximum Gasteiger partial charge on any atom is 0.273 e. The Morgan fingerprint density at radius 3 is 2.33 bits per heavy atom. The van der Waals surface area contributed by atoms with Crippen molar-refractivity contribution < 1.29 is 9.53 Å². The highest BCUT2D eigenvalue weighted by Crippen LogP contribution is 2.40. The first-order valence-electron chi connectivity index (χ1n) is 13.6. The average Bonchev–Trinajstić information content (AvgIpc) is 3.38. The van der Waals surface area contributed by atoms with Gasteiger partial charge in [-0.15, -0.1) is 0 Å². The lowest BCUT2D eigenvalue weighted by Crippen LogP contribution is -2.15. The van der Waals surface area contributed by atoms with E-state index < -0.39 is 0 Å². The predicted octanol–water partition coefficient (Wildman–Crippen LogP) is 9.10. The van der Waals surface area contributed by atoms with Crippen molar-refractivity contribution in [2.75, 3.05) is 12.4 Å². The Labute approximate surface area is 244 Å². The summed E-state index contributed by atoms with van der Waals surface area (Å²) in [6, 6.07) is 21.9. The molecule has 0 fully saturated rings. The van der Waals surface area contributed by atoms with Crippen molar-refractivity contribution in [1.82, 2.24) is 8.97 Å². The van der Waals surface area contributed by atoms with Crippen LogP contribution in [-0.4, -0.2) is 22.0 Å². The Morgan fingerprint density at radius 1 is 0.925 bits per heavy atom. The van der Waals surface area contributed by atoms with Gasteiger partial charge in [0.2, 0.25) is 0 Å². The summed E-state index contributed by atoms with van der Waals surface area (Å²) in [5.41, 5.74) is 8.94. The summed E-state index contributed by atoms with van der Waals surface area (Å²) in [6.45, 7) is 5.26. The lowest BCUT2D eigenvalue weighted by atomic mass is 9.95. The lowest BCUT2D eigenvalue weighted by molar-refractivity contribution is 0.102. The second-order valence-electron chi connectivity index (χ2n) is 10.6. The number of nitrogens with one attached hydrogen (secondary N) is 1. The van der Waals surface area contributed by atoms with Gasteiger partial charge in [-0.3, -0.25) is 9.20 Å². The molecule has 1 amide bonds. The van der Waals surface area contributed by atoms with E-state index in [1.165, 1.54) is 11.1 Å². The standard InChI is InChI=1S/C33H31Cl2N3O2/c1-20(2)21-7-9-23(10-8-21)30-26-6-4-5-17-37-29(22-11-14-25(40-3)15-12-22)19-38(33(26)37)31(30)32(39)36-24-13-16-27(34)28(35)18-24/h7-16,18-20H,4-6,17H2,1-3H3,(H,36,39). The fraction of sp³-hybridized carbons (Fsp3) is 0.242. The number of carbonyl (C=O) groups is 1. The van der Waals surface area contributed by atoms with Gasteiger partial charge in [0.1, 0.15) is 17.1 Å². The van der Waals surface area contributed by atoms with E-state index in [2.05, 4.69) is 70.7 Å². The van der Waals surface area contributed by atoms with Crippen molar-refractivity contribution in [3.05, 3.63) is 99.8 Å². The molecule has 0 aliphatic carbocycles. The molecule has 6 rings (SSSR count). The summed E-state index contributed by atoms with van der Waals surface area (Å²) >= 11 is 12.4. The molecule has 0 radical (unpaired) electrons. The quantitative estimate of drug-likeness (QED) is 0.221. The van der Waals surface area contributed by atoms with Gasteiger partial charge in [0, 0.05) is 29.6 Å². The number of rotatable bonds is 6. The molecule has 3 heterocycles. The molecule has 2 aromatic heterocycles. The van der Waals surface area contributed by atoms with Crippen molar-refractivity contribution in [2.24, 2.45) is 0 Å². The number of carbonyl (C=O) groups excluding carboxylic acids is 1. The first-order chi connectivity index (χ1) is 19.4. The van der Waals surface area contributed by atoms with E-state index in [4.69, 9.17) is 27.9 Å². The zero-order valence-corrected chi connectivity index (χ0v) is 24.3. The molecule has 7 heteroatoms. The minimum atomic E-state index is -0.193. The van der Waals surface area contributed by atoms with Gasteiger partial charge in [0.25, 0.3) is 5.91 Å². The summed E-state index contributed by atoms with van der Waals surface area (Å²) in [7, 11) is 1.67. The van der Waals surface area contributed by atoms with E-state index in [-0.39, 0.29) is 5.91 Å². The molecule has 3 aromatic carbocycles. The molecule has 0 bridgehead atoms. The van der Waals surface area contributed by atoms with Crippen LogP contribution in [0.25, 0.3) is 28.0 Å². The number of aryl methyl sites for hydroxylation is 2. The molecule has 5 aromatic rings. The molecule has 1 aliphatic rings. The van der Waals surface area contributed by atoms with Crippen LogP contribution in [0.1, 0.15) is 54.2 Å². The van der Waals surface area contributed by atoms with Crippen LogP contribution in [0, 0.1) is 0 Å². The molecule has 1 aliphatic heterocycles. The maximum atomic E-state index is 14.1. The molecular weight excluding hydrogens is 541 g/mol. The number of amides is 1. The zero-order chi connectivity index (χ0) is 28.0. The number of anilines is 1. The van der Waals surface area contributed by atoms with E-state index in [1.54, 1.807) is 25.3 Å². The van der Waals surface area contributed by atoms with Crippen LogP contribution in [0.15, 0.2) is 72.9 Å². The highest BCUT2D eigenvalue weighted by atomic mass is 35.5. The Kier molecular flexibility index (Phi) is 7.11. The molecule has 0 saturated heterocycles. The molecular formula is C33H31Cl2N3O2. The Hall–Kier alpha value is -3.67. The molecule has 0 spiro atoms. The highest BCUT2D eigenvalue weighted by molar-refractivity contribution is 6.42. The second kappa shape index (κ2) is 10.7. The van der Waals surface area contributed by atoms with Crippen molar-refractivity contribution in [1.29, 1.82) is 0 Å². The third-order valence-corrected chi connectivity index (χ3v) is 8.52.